The summed E-state index contributed by atoms with van der Waals surface area (Å²) in [6.07, 6.45) is 12.5. The van der Waals surface area contributed by atoms with E-state index in [9.17, 15) is 0 Å². The fraction of sp³-hybridized carbons (Fsp3) is 0.360. The molecule has 1 atom stereocenters. The highest BCUT2D eigenvalue weighted by Crippen LogP contribution is 2.44. The predicted molar refractivity (Wildman–Crippen MR) is 110 cm³/mol. The van der Waals surface area contributed by atoms with E-state index in [2.05, 4.69) is 79.7 Å². The van der Waals surface area contributed by atoms with Gasteiger partial charge in [0.15, 0.2) is 0 Å². The molecule has 0 amide bonds. The van der Waals surface area contributed by atoms with Crippen LogP contribution in [0.1, 0.15) is 56.6 Å². The van der Waals surface area contributed by atoms with Gasteiger partial charge in [-0.25, -0.2) is 0 Å². The summed E-state index contributed by atoms with van der Waals surface area (Å²) in [5.41, 5.74) is 3.47. The Morgan fingerprint density at radius 3 is 2.27 bits per heavy atom. The van der Waals surface area contributed by atoms with E-state index in [4.69, 9.17) is 4.74 Å². The Morgan fingerprint density at radius 1 is 0.923 bits per heavy atom. The molecular formula is C25H28O. The number of hydrogen-bond acceptors (Lipinski definition) is 1. The highest BCUT2D eigenvalue weighted by Gasteiger charge is 2.39. The van der Waals surface area contributed by atoms with Gasteiger partial charge in [-0.15, -0.1) is 0 Å². The highest BCUT2D eigenvalue weighted by molar-refractivity contribution is 5.72. The van der Waals surface area contributed by atoms with Gasteiger partial charge in [-0.3, -0.25) is 0 Å². The van der Waals surface area contributed by atoms with Gasteiger partial charge in [-0.1, -0.05) is 92.8 Å². The molecule has 0 N–H and O–H groups in total. The minimum absolute atomic E-state index is 0.233. The van der Waals surface area contributed by atoms with Crippen molar-refractivity contribution in [2.45, 2.75) is 51.0 Å². The fourth-order valence-corrected chi connectivity index (χ4v) is 4.39. The van der Waals surface area contributed by atoms with Crippen molar-refractivity contribution in [3.8, 4) is 0 Å². The number of rotatable bonds is 4. The molecule has 2 aliphatic rings. The van der Waals surface area contributed by atoms with Crippen LogP contribution >= 0.6 is 0 Å². The van der Waals surface area contributed by atoms with Crippen molar-refractivity contribution in [3.05, 3.63) is 83.4 Å². The molecule has 1 saturated carbocycles. The summed E-state index contributed by atoms with van der Waals surface area (Å²) in [6, 6.07) is 21.1. The normalized spacial score (nSPS) is 25.1. The zero-order valence-corrected chi connectivity index (χ0v) is 15.7. The van der Waals surface area contributed by atoms with Gasteiger partial charge in [-0.05, 0) is 42.6 Å². The van der Waals surface area contributed by atoms with Crippen LogP contribution in [0.25, 0.3) is 11.8 Å². The minimum Gasteiger partial charge on any atom is -0.482 e. The van der Waals surface area contributed by atoms with E-state index in [1.807, 2.05) is 0 Å². The molecule has 4 rings (SSSR count). The van der Waals surface area contributed by atoms with E-state index in [-0.39, 0.29) is 5.60 Å². The molecule has 1 nitrogen and oxygen atoms in total. The fourth-order valence-electron chi connectivity index (χ4n) is 4.39. The average molecular weight is 344 g/mol. The topological polar surface area (TPSA) is 9.23 Å². The molecular weight excluding hydrogens is 316 g/mol. The third-order valence-corrected chi connectivity index (χ3v) is 5.82. The quantitative estimate of drug-likeness (QED) is 0.588. The van der Waals surface area contributed by atoms with Crippen molar-refractivity contribution in [3.63, 3.8) is 0 Å². The van der Waals surface area contributed by atoms with Crippen LogP contribution in [-0.2, 0) is 4.74 Å². The summed E-state index contributed by atoms with van der Waals surface area (Å²) < 4.78 is 6.62. The Labute approximate surface area is 157 Å². The van der Waals surface area contributed by atoms with Crippen molar-refractivity contribution < 1.29 is 4.74 Å². The first-order chi connectivity index (χ1) is 12.7. The maximum atomic E-state index is 6.62. The molecule has 1 aliphatic heterocycles. The summed E-state index contributed by atoms with van der Waals surface area (Å²) in [6.45, 7) is 2.28. The first-order valence-corrected chi connectivity index (χ1v) is 9.96. The predicted octanol–water partition coefficient (Wildman–Crippen LogP) is 6.87. The molecule has 0 radical (unpaired) electrons. The van der Waals surface area contributed by atoms with E-state index in [1.165, 1.54) is 48.8 Å². The smallest absolute Gasteiger partial charge is 0.132 e. The lowest BCUT2D eigenvalue weighted by molar-refractivity contribution is 0.0760. The molecule has 26 heavy (non-hydrogen) atoms. The van der Waals surface area contributed by atoms with Crippen LogP contribution in [0.4, 0.5) is 0 Å². The Kier molecular flexibility index (Phi) is 4.97. The first-order valence-electron chi connectivity index (χ1n) is 9.96. The van der Waals surface area contributed by atoms with Crippen LogP contribution in [0.2, 0.25) is 0 Å². The standard InChI is InChI=1S/C25H28O/c1-25(19-21-13-7-3-8-14-21)23(17-20-11-5-2-6-12-20)18-24(26-25)22-15-9-4-10-16-22/h2,4-6,9-12,15-18,21H,3,7-8,13-14,19H2,1H3/b23-17+/t25-/m1/s1. The van der Waals surface area contributed by atoms with E-state index in [0.717, 1.165) is 18.1 Å². The summed E-state index contributed by atoms with van der Waals surface area (Å²) in [5, 5.41) is 0. The van der Waals surface area contributed by atoms with Crippen LogP contribution in [0.15, 0.2) is 72.3 Å². The van der Waals surface area contributed by atoms with Gasteiger partial charge < -0.3 is 4.74 Å². The van der Waals surface area contributed by atoms with E-state index in [0.29, 0.717) is 0 Å². The Balaban J connectivity index is 1.66. The van der Waals surface area contributed by atoms with Crippen LogP contribution in [0, 0.1) is 5.92 Å². The maximum Gasteiger partial charge on any atom is 0.132 e. The van der Waals surface area contributed by atoms with Crippen molar-refractivity contribution in [2.75, 3.05) is 0 Å². The van der Waals surface area contributed by atoms with Gasteiger partial charge >= 0.3 is 0 Å². The lowest BCUT2D eigenvalue weighted by atomic mass is 9.79. The minimum atomic E-state index is -0.233. The molecule has 0 bridgehead atoms. The lowest BCUT2D eigenvalue weighted by Gasteiger charge is -2.33. The van der Waals surface area contributed by atoms with Crippen molar-refractivity contribution in [2.24, 2.45) is 5.92 Å². The number of benzene rings is 2. The molecule has 1 aliphatic carbocycles. The summed E-state index contributed by atoms with van der Waals surface area (Å²) in [4.78, 5) is 0. The number of ether oxygens (including phenoxy) is 1. The molecule has 2 aromatic rings. The molecule has 0 aromatic heterocycles. The van der Waals surface area contributed by atoms with Crippen molar-refractivity contribution in [1.29, 1.82) is 0 Å². The monoisotopic (exact) mass is 344 g/mol. The van der Waals surface area contributed by atoms with E-state index in [1.54, 1.807) is 0 Å². The molecule has 0 spiro atoms. The van der Waals surface area contributed by atoms with Gasteiger partial charge in [0, 0.05) is 5.56 Å². The van der Waals surface area contributed by atoms with Gasteiger partial charge in [-0.2, -0.15) is 0 Å². The van der Waals surface area contributed by atoms with Crippen LogP contribution < -0.4 is 0 Å². The highest BCUT2D eigenvalue weighted by atomic mass is 16.5. The van der Waals surface area contributed by atoms with Crippen LogP contribution in [0.5, 0.6) is 0 Å². The molecule has 0 saturated heterocycles. The van der Waals surface area contributed by atoms with Gasteiger partial charge in [0.25, 0.3) is 0 Å². The Bertz CT molecular complexity index is 781. The Morgan fingerprint density at radius 2 is 1.58 bits per heavy atom. The average Bonchev–Trinajstić information content (AvgIpc) is 3.00. The second-order valence-electron chi connectivity index (χ2n) is 7.93. The molecule has 134 valence electrons. The lowest BCUT2D eigenvalue weighted by Crippen LogP contribution is -2.30. The second-order valence-corrected chi connectivity index (χ2v) is 7.93. The summed E-state index contributed by atoms with van der Waals surface area (Å²) in [5.74, 6) is 1.78. The third kappa shape index (κ3) is 3.77. The Hall–Kier alpha value is -2.28. The van der Waals surface area contributed by atoms with E-state index >= 15 is 0 Å². The van der Waals surface area contributed by atoms with Crippen LogP contribution in [0.3, 0.4) is 0 Å². The van der Waals surface area contributed by atoms with Crippen molar-refractivity contribution >= 4 is 11.8 Å². The summed E-state index contributed by atoms with van der Waals surface area (Å²) in [7, 11) is 0. The van der Waals surface area contributed by atoms with Crippen molar-refractivity contribution in [1.82, 2.24) is 0 Å². The molecule has 0 unspecified atom stereocenters. The second kappa shape index (κ2) is 7.53. The molecule has 1 heteroatoms. The zero-order chi connectivity index (χ0) is 17.8. The molecule has 1 heterocycles. The zero-order valence-electron chi connectivity index (χ0n) is 15.7. The first kappa shape index (κ1) is 17.1. The van der Waals surface area contributed by atoms with Crippen LogP contribution in [-0.4, -0.2) is 5.60 Å². The van der Waals surface area contributed by atoms with E-state index < -0.39 is 0 Å². The SMILES string of the molecule is C[C@]1(CC2CCCCC2)OC(c2ccccc2)=C/C1=C\c1ccccc1. The number of hydrogen-bond donors (Lipinski definition) is 0. The molecule has 2 aromatic carbocycles. The maximum absolute atomic E-state index is 6.62. The summed E-state index contributed by atoms with van der Waals surface area (Å²) >= 11 is 0. The molecule has 1 fully saturated rings. The van der Waals surface area contributed by atoms with Gasteiger partial charge in [0.1, 0.15) is 11.4 Å². The van der Waals surface area contributed by atoms with Gasteiger partial charge in [0.05, 0.1) is 0 Å². The largest absolute Gasteiger partial charge is 0.482 e. The third-order valence-electron chi connectivity index (χ3n) is 5.82. The van der Waals surface area contributed by atoms with Gasteiger partial charge in [0.2, 0.25) is 0 Å².